The van der Waals surface area contributed by atoms with Crippen molar-refractivity contribution < 1.29 is 27.5 Å². The van der Waals surface area contributed by atoms with E-state index in [2.05, 4.69) is 5.32 Å². The van der Waals surface area contributed by atoms with Gasteiger partial charge in [0.25, 0.3) is 10.0 Å². The molecule has 1 aliphatic carbocycles. The minimum absolute atomic E-state index is 0.0179. The van der Waals surface area contributed by atoms with Crippen LogP contribution in [0.1, 0.15) is 51.0 Å². The molecule has 0 heterocycles. The number of methoxy groups -OCH3 is 2. The van der Waals surface area contributed by atoms with Crippen LogP contribution in [-0.4, -0.2) is 58.0 Å². The molecule has 10 heteroatoms. The lowest BCUT2D eigenvalue weighted by atomic mass is 9.95. The summed E-state index contributed by atoms with van der Waals surface area (Å²) in [6, 6.07) is 21.4. The van der Waals surface area contributed by atoms with Crippen molar-refractivity contribution in [2.45, 2.75) is 69.0 Å². The van der Waals surface area contributed by atoms with E-state index in [1.54, 1.807) is 30.3 Å². The predicted octanol–water partition coefficient (Wildman–Crippen LogP) is 5.16. The van der Waals surface area contributed by atoms with Crippen LogP contribution in [0, 0.1) is 0 Å². The van der Waals surface area contributed by atoms with E-state index in [9.17, 15) is 18.0 Å². The van der Waals surface area contributed by atoms with E-state index in [-0.39, 0.29) is 34.8 Å². The van der Waals surface area contributed by atoms with Crippen molar-refractivity contribution >= 4 is 27.5 Å². The first-order valence-electron chi connectivity index (χ1n) is 14.7. The molecule has 1 N–H and O–H groups in total. The topological polar surface area (TPSA) is 105 Å². The van der Waals surface area contributed by atoms with Crippen molar-refractivity contribution in [3.8, 4) is 11.5 Å². The second-order valence-corrected chi connectivity index (χ2v) is 12.5. The van der Waals surface area contributed by atoms with Crippen LogP contribution in [0.2, 0.25) is 0 Å². The van der Waals surface area contributed by atoms with Gasteiger partial charge in [-0.2, -0.15) is 0 Å². The smallest absolute Gasteiger partial charge is 0.264 e. The number of carbonyl (C=O) groups is 2. The summed E-state index contributed by atoms with van der Waals surface area (Å²) in [5, 5.41) is 3.16. The standard InChI is InChI=1S/C33H41N3O6S/c1-4-29(33(38)34-26-16-10-6-11-17-26)35(23-25-14-8-5-9-15-25)32(37)24-36(43(39,40)28-18-12-7-13-19-28)30-22-27(41-2)20-21-31(30)42-3/h5,7-9,12-15,18-22,26,29H,4,6,10-11,16-17,23-24H2,1-3H3,(H,34,38)/t29-/m0/s1. The van der Waals surface area contributed by atoms with Gasteiger partial charge in [-0.05, 0) is 49.1 Å². The van der Waals surface area contributed by atoms with Gasteiger partial charge in [0, 0.05) is 18.7 Å². The van der Waals surface area contributed by atoms with Gasteiger partial charge in [-0.1, -0.05) is 74.7 Å². The average molecular weight is 608 g/mol. The second-order valence-electron chi connectivity index (χ2n) is 10.6. The van der Waals surface area contributed by atoms with Gasteiger partial charge in [0.2, 0.25) is 11.8 Å². The third-order valence-electron chi connectivity index (χ3n) is 7.80. The Morgan fingerprint density at radius 1 is 0.907 bits per heavy atom. The maximum absolute atomic E-state index is 14.3. The molecule has 0 unspecified atom stereocenters. The average Bonchev–Trinajstić information content (AvgIpc) is 3.04. The number of benzene rings is 3. The van der Waals surface area contributed by atoms with Crippen LogP contribution in [-0.2, 0) is 26.2 Å². The molecule has 0 radical (unpaired) electrons. The number of nitrogens with zero attached hydrogens (tertiary/aromatic N) is 2. The Bertz CT molecular complexity index is 1460. The van der Waals surface area contributed by atoms with E-state index in [0.29, 0.717) is 12.2 Å². The lowest BCUT2D eigenvalue weighted by Gasteiger charge is -2.34. The number of nitrogens with one attached hydrogen (secondary N) is 1. The van der Waals surface area contributed by atoms with Crippen LogP contribution in [0.15, 0.2) is 83.8 Å². The second kappa shape index (κ2) is 14.9. The maximum atomic E-state index is 14.3. The Morgan fingerprint density at radius 3 is 2.16 bits per heavy atom. The quantitative estimate of drug-likeness (QED) is 0.288. The van der Waals surface area contributed by atoms with Crippen molar-refractivity contribution in [3.63, 3.8) is 0 Å². The first-order valence-corrected chi connectivity index (χ1v) is 16.2. The van der Waals surface area contributed by atoms with Crippen LogP contribution in [0.4, 0.5) is 5.69 Å². The van der Waals surface area contributed by atoms with Gasteiger partial charge in [0.1, 0.15) is 24.1 Å². The minimum atomic E-state index is -4.24. The number of hydrogen-bond donors (Lipinski definition) is 1. The largest absolute Gasteiger partial charge is 0.497 e. The third kappa shape index (κ3) is 7.87. The summed E-state index contributed by atoms with van der Waals surface area (Å²) in [7, 11) is -1.33. The molecule has 1 aliphatic rings. The van der Waals surface area contributed by atoms with Crippen LogP contribution in [0.3, 0.4) is 0 Å². The van der Waals surface area contributed by atoms with E-state index in [4.69, 9.17) is 9.47 Å². The number of carbonyl (C=O) groups excluding carboxylic acids is 2. The lowest BCUT2D eigenvalue weighted by molar-refractivity contribution is -0.140. The van der Waals surface area contributed by atoms with Crippen LogP contribution < -0.4 is 19.1 Å². The van der Waals surface area contributed by atoms with Crippen molar-refractivity contribution in [2.75, 3.05) is 25.1 Å². The Balaban J connectivity index is 1.75. The monoisotopic (exact) mass is 607 g/mol. The van der Waals surface area contributed by atoms with Gasteiger partial charge in [-0.15, -0.1) is 0 Å². The number of anilines is 1. The number of sulfonamides is 1. The first kappa shape index (κ1) is 31.9. The highest BCUT2D eigenvalue weighted by Crippen LogP contribution is 2.36. The predicted molar refractivity (Wildman–Crippen MR) is 167 cm³/mol. The molecule has 0 spiro atoms. The van der Waals surface area contributed by atoms with E-state index in [1.807, 2.05) is 37.3 Å². The van der Waals surface area contributed by atoms with Gasteiger partial charge in [-0.25, -0.2) is 8.42 Å². The Labute approximate surface area is 254 Å². The molecule has 0 bridgehead atoms. The summed E-state index contributed by atoms with van der Waals surface area (Å²) in [6.07, 6.45) is 5.46. The molecular weight excluding hydrogens is 566 g/mol. The van der Waals surface area contributed by atoms with Gasteiger partial charge < -0.3 is 19.7 Å². The third-order valence-corrected chi connectivity index (χ3v) is 9.57. The Hall–Kier alpha value is -4.05. The number of amides is 2. The summed E-state index contributed by atoms with van der Waals surface area (Å²) < 4.78 is 40.2. The summed E-state index contributed by atoms with van der Waals surface area (Å²) in [5.74, 6) is -0.0882. The molecule has 9 nitrogen and oxygen atoms in total. The molecule has 1 fully saturated rings. The lowest BCUT2D eigenvalue weighted by Crippen LogP contribution is -2.54. The fourth-order valence-electron chi connectivity index (χ4n) is 5.47. The van der Waals surface area contributed by atoms with Crippen LogP contribution in [0.25, 0.3) is 0 Å². The first-order chi connectivity index (χ1) is 20.8. The summed E-state index contributed by atoms with van der Waals surface area (Å²) >= 11 is 0. The van der Waals surface area contributed by atoms with E-state index in [0.717, 1.165) is 42.0 Å². The van der Waals surface area contributed by atoms with Crippen molar-refractivity contribution in [1.29, 1.82) is 0 Å². The van der Waals surface area contributed by atoms with Gasteiger partial charge in [0.05, 0.1) is 24.8 Å². The molecule has 0 aliphatic heterocycles. The zero-order chi connectivity index (χ0) is 30.8. The normalized spacial score (nSPS) is 14.4. The highest BCUT2D eigenvalue weighted by atomic mass is 32.2. The van der Waals surface area contributed by atoms with Gasteiger partial charge in [-0.3, -0.25) is 13.9 Å². The van der Waals surface area contributed by atoms with Crippen LogP contribution >= 0.6 is 0 Å². The number of rotatable bonds is 13. The Morgan fingerprint density at radius 2 is 1.56 bits per heavy atom. The van der Waals surface area contributed by atoms with Crippen molar-refractivity contribution in [1.82, 2.24) is 10.2 Å². The molecule has 0 aromatic heterocycles. The summed E-state index contributed by atoms with van der Waals surface area (Å²) in [4.78, 5) is 29.5. The molecule has 0 saturated heterocycles. The molecule has 1 atom stereocenters. The highest BCUT2D eigenvalue weighted by Gasteiger charge is 2.35. The highest BCUT2D eigenvalue weighted by molar-refractivity contribution is 7.92. The maximum Gasteiger partial charge on any atom is 0.264 e. The zero-order valence-electron chi connectivity index (χ0n) is 25.1. The SMILES string of the molecule is CC[C@@H](C(=O)NC1CCCCC1)N(Cc1ccccc1)C(=O)CN(c1cc(OC)ccc1OC)S(=O)(=O)c1ccccc1. The number of hydrogen-bond acceptors (Lipinski definition) is 6. The molecule has 43 heavy (non-hydrogen) atoms. The van der Waals surface area contributed by atoms with Crippen molar-refractivity contribution in [2.24, 2.45) is 0 Å². The van der Waals surface area contributed by atoms with E-state index >= 15 is 0 Å². The molecule has 230 valence electrons. The fraction of sp³-hybridized carbons (Fsp3) is 0.394. The molecule has 1 saturated carbocycles. The minimum Gasteiger partial charge on any atom is -0.497 e. The summed E-state index contributed by atoms with van der Waals surface area (Å²) in [5.41, 5.74) is 0.981. The Kier molecular flexibility index (Phi) is 11.1. The van der Waals surface area contributed by atoms with Gasteiger partial charge in [0.15, 0.2) is 0 Å². The number of ether oxygens (including phenoxy) is 2. The molecule has 4 rings (SSSR count). The molecule has 2 amide bonds. The van der Waals surface area contributed by atoms with Crippen molar-refractivity contribution in [3.05, 3.63) is 84.4 Å². The fourth-order valence-corrected chi connectivity index (χ4v) is 6.91. The zero-order valence-corrected chi connectivity index (χ0v) is 25.9. The van der Waals surface area contributed by atoms with Gasteiger partial charge >= 0.3 is 0 Å². The molecule has 3 aromatic rings. The molecule has 3 aromatic carbocycles. The van der Waals surface area contributed by atoms with E-state index < -0.39 is 28.5 Å². The summed E-state index contributed by atoms with van der Waals surface area (Å²) in [6.45, 7) is 1.45. The molecular formula is C33H41N3O6S. The van der Waals surface area contributed by atoms with E-state index in [1.165, 1.54) is 37.3 Å². The van der Waals surface area contributed by atoms with Crippen LogP contribution in [0.5, 0.6) is 11.5 Å².